The summed E-state index contributed by atoms with van der Waals surface area (Å²) in [6.07, 6.45) is 0. The van der Waals surface area contributed by atoms with E-state index < -0.39 is 17.9 Å². The lowest BCUT2D eigenvalue weighted by Crippen LogP contribution is -2.52. The number of carboxylic acids is 1. The number of halogens is 2. The van der Waals surface area contributed by atoms with E-state index in [1.807, 2.05) is 0 Å². The van der Waals surface area contributed by atoms with Crippen LogP contribution in [-0.4, -0.2) is 47.7 Å². The van der Waals surface area contributed by atoms with Crippen molar-refractivity contribution < 1.29 is 19.4 Å². The average Bonchev–Trinajstić information content (AvgIpc) is 2.67. The highest BCUT2D eigenvalue weighted by Crippen LogP contribution is 2.32. The molecule has 0 spiro atoms. The van der Waals surface area contributed by atoms with Gasteiger partial charge in [-0.25, -0.2) is 4.79 Å². The lowest BCUT2D eigenvalue weighted by atomic mass is 10.2. The highest BCUT2D eigenvalue weighted by molar-refractivity contribution is 7.20. The van der Waals surface area contributed by atoms with E-state index in [1.165, 1.54) is 11.0 Å². The highest BCUT2D eigenvalue weighted by atomic mass is 35.5. The molecule has 1 atom stereocenters. The van der Waals surface area contributed by atoms with E-state index in [9.17, 15) is 9.59 Å². The first-order chi connectivity index (χ1) is 8.50. The molecule has 2 heterocycles. The molecule has 1 aliphatic rings. The van der Waals surface area contributed by atoms with Crippen molar-refractivity contribution in [1.82, 2.24) is 4.90 Å². The Morgan fingerprint density at radius 1 is 1.50 bits per heavy atom. The van der Waals surface area contributed by atoms with Gasteiger partial charge in [0.2, 0.25) is 0 Å². The van der Waals surface area contributed by atoms with Gasteiger partial charge in [0.25, 0.3) is 5.91 Å². The smallest absolute Gasteiger partial charge is 0.328 e. The number of morpholine rings is 1. The third-order valence-corrected chi connectivity index (χ3v) is 4.05. The predicted octanol–water partition coefficient (Wildman–Crippen LogP) is 1.98. The summed E-state index contributed by atoms with van der Waals surface area (Å²) in [5, 5.41) is 9.05. The van der Waals surface area contributed by atoms with Crippen molar-refractivity contribution in [2.45, 2.75) is 6.04 Å². The standard InChI is InChI=1S/C10H9Cl2NO4S/c11-7-3-5(8(12)18-7)9(14)13-1-2-17-4-6(13)10(15)16/h3,6H,1-2,4H2,(H,15,16). The summed E-state index contributed by atoms with van der Waals surface area (Å²) in [5.41, 5.74) is 0.236. The van der Waals surface area contributed by atoms with Crippen LogP contribution < -0.4 is 0 Å². The second-order valence-electron chi connectivity index (χ2n) is 3.67. The van der Waals surface area contributed by atoms with Crippen LogP contribution in [-0.2, 0) is 9.53 Å². The molecule has 1 aliphatic heterocycles. The minimum atomic E-state index is -1.10. The second kappa shape index (κ2) is 5.44. The normalized spacial score (nSPS) is 19.9. The first-order valence-corrected chi connectivity index (χ1v) is 6.64. The average molecular weight is 310 g/mol. The van der Waals surface area contributed by atoms with Crippen molar-refractivity contribution in [3.8, 4) is 0 Å². The van der Waals surface area contributed by atoms with Gasteiger partial charge in [-0.2, -0.15) is 0 Å². The fraction of sp³-hybridized carbons (Fsp3) is 0.400. The molecule has 0 bridgehead atoms. The van der Waals surface area contributed by atoms with Crippen LogP contribution in [0.4, 0.5) is 0 Å². The number of ether oxygens (including phenoxy) is 1. The van der Waals surface area contributed by atoms with Crippen LogP contribution in [0.1, 0.15) is 10.4 Å². The molecule has 2 rings (SSSR count). The number of carboxylic acid groups (broad SMARTS) is 1. The van der Waals surface area contributed by atoms with Gasteiger partial charge in [-0.3, -0.25) is 4.79 Å². The van der Waals surface area contributed by atoms with Gasteiger partial charge in [0.15, 0.2) is 6.04 Å². The lowest BCUT2D eigenvalue weighted by Gasteiger charge is -2.32. The zero-order valence-corrected chi connectivity index (χ0v) is 11.4. The molecule has 0 saturated carbocycles. The summed E-state index contributed by atoms with van der Waals surface area (Å²) in [5.74, 6) is -1.53. The first kappa shape index (κ1) is 13.6. The zero-order valence-electron chi connectivity index (χ0n) is 9.06. The third kappa shape index (κ3) is 2.61. The van der Waals surface area contributed by atoms with Crippen molar-refractivity contribution in [1.29, 1.82) is 0 Å². The zero-order chi connectivity index (χ0) is 13.3. The van der Waals surface area contributed by atoms with Gasteiger partial charge in [0.1, 0.15) is 4.34 Å². The molecular formula is C10H9Cl2NO4S. The van der Waals surface area contributed by atoms with Gasteiger partial charge in [-0.15, -0.1) is 11.3 Å². The molecule has 0 aromatic carbocycles. The Hall–Kier alpha value is -0.820. The van der Waals surface area contributed by atoms with Crippen molar-refractivity contribution in [3.63, 3.8) is 0 Å². The van der Waals surface area contributed by atoms with Gasteiger partial charge < -0.3 is 14.7 Å². The van der Waals surface area contributed by atoms with E-state index >= 15 is 0 Å². The molecule has 98 valence electrons. The quantitative estimate of drug-likeness (QED) is 0.907. The fourth-order valence-corrected chi connectivity index (χ4v) is 3.14. The van der Waals surface area contributed by atoms with Crippen LogP contribution in [0.5, 0.6) is 0 Å². The fourth-order valence-electron chi connectivity index (χ4n) is 1.69. The highest BCUT2D eigenvalue weighted by Gasteiger charge is 2.34. The Labute approximate surface area is 117 Å². The number of rotatable bonds is 2. The number of aliphatic carboxylic acids is 1. The number of amides is 1. The van der Waals surface area contributed by atoms with Crippen molar-refractivity contribution in [2.24, 2.45) is 0 Å². The lowest BCUT2D eigenvalue weighted by molar-refractivity contribution is -0.147. The maximum atomic E-state index is 12.2. The maximum Gasteiger partial charge on any atom is 0.328 e. The van der Waals surface area contributed by atoms with Gasteiger partial charge >= 0.3 is 5.97 Å². The monoisotopic (exact) mass is 309 g/mol. The van der Waals surface area contributed by atoms with Gasteiger partial charge in [-0.05, 0) is 6.07 Å². The minimum Gasteiger partial charge on any atom is -0.480 e. The third-order valence-electron chi connectivity index (χ3n) is 2.56. The summed E-state index contributed by atoms with van der Waals surface area (Å²) < 4.78 is 5.72. The van der Waals surface area contributed by atoms with Crippen LogP contribution in [0, 0.1) is 0 Å². The van der Waals surface area contributed by atoms with Crippen LogP contribution in [0.2, 0.25) is 8.67 Å². The van der Waals surface area contributed by atoms with Gasteiger partial charge in [0.05, 0.1) is 23.1 Å². The number of carbonyl (C=O) groups excluding carboxylic acids is 1. The van der Waals surface area contributed by atoms with Crippen molar-refractivity contribution >= 4 is 46.4 Å². The molecule has 1 amide bonds. The van der Waals surface area contributed by atoms with Crippen LogP contribution in [0.25, 0.3) is 0 Å². The van der Waals surface area contributed by atoms with Crippen LogP contribution >= 0.6 is 34.5 Å². The van der Waals surface area contributed by atoms with Gasteiger partial charge in [0, 0.05) is 6.54 Å². The number of carbonyl (C=O) groups is 2. The van der Waals surface area contributed by atoms with E-state index in [0.717, 1.165) is 11.3 Å². The Morgan fingerprint density at radius 3 is 2.78 bits per heavy atom. The molecule has 1 aromatic rings. The predicted molar refractivity (Wildman–Crippen MR) is 67.6 cm³/mol. The summed E-state index contributed by atoms with van der Waals surface area (Å²) in [7, 11) is 0. The first-order valence-electron chi connectivity index (χ1n) is 5.07. The number of hydrogen-bond donors (Lipinski definition) is 1. The maximum absolute atomic E-state index is 12.2. The molecule has 1 saturated heterocycles. The van der Waals surface area contributed by atoms with E-state index in [1.54, 1.807) is 0 Å². The Balaban J connectivity index is 2.26. The number of thiophene rings is 1. The summed E-state index contributed by atoms with van der Waals surface area (Å²) in [4.78, 5) is 24.5. The van der Waals surface area contributed by atoms with Crippen molar-refractivity contribution in [3.05, 3.63) is 20.3 Å². The van der Waals surface area contributed by atoms with E-state index in [2.05, 4.69) is 0 Å². The molecule has 1 unspecified atom stereocenters. The molecule has 5 nitrogen and oxygen atoms in total. The molecule has 0 aliphatic carbocycles. The molecule has 1 aromatic heterocycles. The van der Waals surface area contributed by atoms with Crippen molar-refractivity contribution in [2.75, 3.05) is 19.8 Å². The SMILES string of the molecule is O=C(O)C1COCCN1C(=O)c1cc(Cl)sc1Cl. The van der Waals surface area contributed by atoms with Gasteiger partial charge in [-0.1, -0.05) is 23.2 Å². The largest absolute Gasteiger partial charge is 0.480 e. The van der Waals surface area contributed by atoms with Crippen LogP contribution in [0.3, 0.4) is 0 Å². The van der Waals surface area contributed by atoms with Crippen LogP contribution in [0.15, 0.2) is 6.07 Å². The summed E-state index contributed by atoms with van der Waals surface area (Å²) in [6.45, 7) is 0.515. The van der Waals surface area contributed by atoms with E-state index in [4.69, 9.17) is 33.0 Å². The molecule has 18 heavy (non-hydrogen) atoms. The second-order valence-corrected chi connectivity index (χ2v) is 5.95. The Bertz CT molecular complexity index is 490. The molecule has 1 fully saturated rings. The number of hydrogen-bond acceptors (Lipinski definition) is 4. The summed E-state index contributed by atoms with van der Waals surface area (Å²) in [6, 6.07) is 0.464. The topological polar surface area (TPSA) is 66.8 Å². The molecule has 1 N–H and O–H groups in total. The number of nitrogens with zero attached hydrogens (tertiary/aromatic N) is 1. The Kier molecular flexibility index (Phi) is 4.11. The summed E-state index contributed by atoms with van der Waals surface area (Å²) >= 11 is 12.7. The van der Waals surface area contributed by atoms with E-state index in [0.29, 0.717) is 10.9 Å². The Morgan fingerprint density at radius 2 is 2.22 bits per heavy atom. The molecular weight excluding hydrogens is 301 g/mol. The van der Waals surface area contributed by atoms with E-state index in [-0.39, 0.29) is 23.1 Å². The molecule has 0 radical (unpaired) electrons. The minimum absolute atomic E-state index is 0.0173. The molecule has 8 heteroatoms.